The molecule has 2 aromatic rings. The minimum atomic E-state index is -0.422. The summed E-state index contributed by atoms with van der Waals surface area (Å²) in [6, 6.07) is 6.96. The largest absolute Gasteiger partial charge is 0.321 e. The van der Waals surface area contributed by atoms with Crippen molar-refractivity contribution in [3.63, 3.8) is 0 Å². The molecule has 0 aliphatic rings. The highest BCUT2D eigenvalue weighted by molar-refractivity contribution is 6.28. The fraction of sp³-hybridized carbons (Fsp3) is 0.0833. The minimum Gasteiger partial charge on any atom is -0.321 e. The van der Waals surface area contributed by atoms with Crippen molar-refractivity contribution in [3.05, 3.63) is 52.8 Å². The molecule has 0 saturated carbocycles. The predicted molar refractivity (Wildman–Crippen MR) is 66.1 cm³/mol. The average molecular weight is 266 g/mol. The summed E-state index contributed by atoms with van der Waals surface area (Å²) < 4.78 is 12.7. The Morgan fingerprint density at radius 3 is 2.56 bits per heavy atom. The standard InChI is InChI=1S/C12H9ClFN3O/c1-7-6-10(17-12(13)15-7)11(18)16-9-4-2-8(14)3-5-9/h2-6H,1H3,(H,16,18). The van der Waals surface area contributed by atoms with Crippen LogP contribution in [0.5, 0.6) is 0 Å². The van der Waals surface area contributed by atoms with Crippen LogP contribution in [0.15, 0.2) is 30.3 Å². The maximum Gasteiger partial charge on any atom is 0.274 e. The van der Waals surface area contributed by atoms with Crippen molar-refractivity contribution in [3.8, 4) is 0 Å². The average Bonchev–Trinajstić information content (AvgIpc) is 2.31. The number of halogens is 2. The number of nitrogens with one attached hydrogen (secondary N) is 1. The van der Waals surface area contributed by atoms with E-state index in [-0.39, 0.29) is 16.8 Å². The zero-order chi connectivity index (χ0) is 13.1. The topological polar surface area (TPSA) is 54.9 Å². The van der Waals surface area contributed by atoms with Gasteiger partial charge in [0.15, 0.2) is 0 Å². The molecule has 1 heterocycles. The van der Waals surface area contributed by atoms with E-state index in [1.54, 1.807) is 6.92 Å². The number of hydrogen-bond acceptors (Lipinski definition) is 3. The first-order chi connectivity index (χ1) is 8.54. The van der Waals surface area contributed by atoms with Crippen molar-refractivity contribution < 1.29 is 9.18 Å². The van der Waals surface area contributed by atoms with E-state index in [1.807, 2.05) is 0 Å². The number of carbonyl (C=O) groups is 1. The second-order valence-corrected chi connectivity index (χ2v) is 3.96. The molecule has 92 valence electrons. The van der Waals surface area contributed by atoms with Crippen LogP contribution in [-0.4, -0.2) is 15.9 Å². The first-order valence-electron chi connectivity index (χ1n) is 5.13. The van der Waals surface area contributed by atoms with Crippen LogP contribution in [0.2, 0.25) is 5.28 Å². The molecule has 0 aliphatic carbocycles. The van der Waals surface area contributed by atoms with Crippen LogP contribution in [0.3, 0.4) is 0 Å². The van der Waals surface area contributed by atoms with E-state index in [2.05, 4.69) is 15.3 Å². The van der Waals surface area contributed by atoms with Gasteiger partial charge < -0.3 is 5.32 Å². The van der Waals surface area contributed by atoms with Crippen LogP contribution < -0.4 is 5.32 Å². The molecule has 2 rings (SSSR count). The molecule has 1 amide bonds. The summed E-state index contributed by atoms with van der Waals surface area (Å²) in [7, 11) is 0. The van der Waals surface area contributed by atoms with Gasteiger partial charge in [-0.3, -0.25) is 4.79 Å². The minimum absolute atomic E-state index is 0.0132. The quantitative estimate of drug-likeness (QED) is 0.850. The van der Waals surface area contributed by atoms with Gasteiger partial charge in [-0.05, 0) is 48.9 Å². The second kappa shape index (κ2) is 5.10. The fourth-order valence-corrected chi connectivity index (χ4v) is 1.60. The highest BCUT2D eigenvalue weighted by Crippen LogP contribution is 2.11. The molecular weight excluding hydrogens is 257 g/mol. The zero-order valence-corrected chi connectivity index (χ0v) is 10.2. The summed E-state index contributed by atoms with van der Waals surface area (Å²) in [5, 5.41) is 2.60. The number of anilines is 1. The molecule has 0 spiro atoms. The third-order valence-electron chi connectivity index (χ3n) is 2.16. The summed E-state index contributed by atoms with van der Waals surface area (Å²) in [4.78, 5) is 19.5. The summed E-state index contributed by atoms with van der Waals surface area (Å²) in [6.45, 7) is 1.71. The molecular formula is C12H9ClFN3O. The van der Waals surface area contributed by atoms with Gasteiger partial charge in [0.2, 0.25) is 5.28 Å². The molecule has 1 aromatic heterocycles. The number of aryl methyl sites for hydroxylation is 1. The Bertz CT molecular complexity index is 566. The van der Waals surface area contributed by atoms with Crippen LogP contribution in [0.4, 0.5) is 10.1 Å². The van der Waals surface area contributed by atoms with Crippen LogP contribution in [-0.2, 0) is 0 Å². The lowest BCUT2D eigenvalue weighted by Crippen LogP contribution is -2.14. The predicted octanol–water partition coefficient (Wildman–Crippen LogP) is 2.83. The molecule has 1 N–H and O–H groups in total. The molecule has 0 radical (unpaired) electrons. The summed E-state index contributed by atoms with van der Waals surface area (Å²) in [5.41, 5.74) is 1.24. The molecule has 1 aromatic carbocycles. The van der Waals surface area contributed by atoms with Crippen molar-refractivity contribution in [1.82, 2.24) is 9.97 Å². The molecule has 0 aliphatic heterocycles. The first-order valence-corrected chi connectivity index (χ1v) is 5.50. The number of nitrogens with zero attached hydrogens (tertiary/aromatic N) is 2. The monoisotopic (exact) mass is 265 g/mol. The van der Waals surface area contributed by atoms with Gasteiger partial charge in [0.05, 0.1) is 0 Å². The van der Waals surface area contributed by atoms with E-state index in [0.29, 0.717) is 11.4 Å². The number of carbonyl (C=O) groups excluding carboxylic acids is 1. The highest BCUT2D eigenvalue weighted by Gasteiger charge is 2.10. The molecule has 0 fully saturated rings. The summed E-state index contributed by atoms with van der Waals surface area (Å²) >= 11 is 5.67. The van der Waals surface area contributed by atoms with Gasteiger partial charge in [-0.1, -0.05) is 0 Å². The van der Waals surface area contributed by atoms with E-state index < -0.39 is 5.91 Å². The van der Waals surface area contributed by atoms with Gasteiger partial charge in [-0.2, -0.15) is 0 Å². The third kappa shape index (κ3) is 3.01. The summed E-state index contributed by atoms with van der Waals surface area (Å²) in [5.74, 6) is -0.789. The van der Waals surface area contributed by atoms with E-state index in [0.717, 1.165) is 0 Å². The summed E-state index contributed by atoms with van der Waals surface area (Å²) in [6.07, 6.45) is 0. The van der Waals surface area contributed by atoms with E-state index in [9.17, 15) is 9.18 Å². The van der Waals surface area contributed by atoms with Gasteiger partial charge in [0.25, 0.3) is 5.91 Å². The molecule has 6 heteroatoms. The molecule has 18 heavy (non-hydrogen) atoms. The zero-order valence-electron chi connectivity index (χ0n) is 9.45. The Morgan fingerprint density at radius 2 is 1.94 bits per heavy atom. The Hall–Kier alpha value is -2.01. The fourth-order valence-electron chi connectivity index (χ4n) is 1.38. The number of amides is 1. The Labute approximate surface area is 108 Å². The lowest BCUT2D eigenvalue weighted by Gasteiger charge is -2.05. The van der Waals surface area contributed by atoms with Gasteiger partial charge in [-0.15, -0.1) is 0 Å². The number of rotatable bonds is 2. The van der Waals surface area contributed by atoms with Crippen molar-refractivity contribution in [2.45, 2.75) is 6.92 Å². The van der Waals surface area contributed by atoms with Crippen molar-refractivity contribution in [2.24, 2.45) is 0 Å². The van der Waals surface area contributed by atoms with Crippen molar-refractivity contribution in [2.75, 3.05) is 5.32 Å². The first kappa shape index (κ1) is 12.4. The molecule has 4 nitrogen and oxygen atoms in total. The molecule has 0 atom stereocenters. The van der Waals surface area contributed by atoms with Crippen LogP contribution >= 0.6 is 11.6 Å². The van der Waals surface area contributed by atoms with Gasteiger partial charge in [-0.25, -0.2) is 14.4 Å². The van der Waals surface area contributed by atoms with E-state index in [1.165, 1.54) is 30.3 Å². The van der Waals surface area contributed by atoms with Crippen LogP contribution in [0, 0.1) is 12.7 Å². The van der Waals surface area contributed by atoms with Crippen molar-refractivity contribution >= 4 is 23.2 Å². The number of hydrogen-bond donors (Lipinski definition) is 1. The van der Waals surface area contributed by atoms with Crippen molar-refractivity contribution in [1.29, 1.82) is 0 Å². The van der Waals surface area contributed by atoms with Crippen LogP contribution in [0.1, 0.15) is 16.2 Å². The van der Waals surface area contributed by atoms with Gasteiger partial charge in [0, 0.05) is 11.4 Å². The second-order valence-electron chi connectivity index (χ2n) is 3.62. The Morgan fingerprint density at radius 1 is 1.28 bits per heavy atom. The van der Waals surface area contributed by atoms with Gasteiger partial charge >= 0.3 is 0 Å². The van der Waals surface area contributed by atoms with E-state index >= 15 is 0 Å². The Kier molecular flexibility index (Phi) is 3.53. The third-order valence-corrected chi connectivity index (χ3v) is 2.33. The molecule has 0 saturated heterocycles. The maximum atomic E-state index is 12.7. The lowest BCUT2D eigenvalue weighted by atomic mass is 10.3. The number of aromatic nitrogens is 2. The SMILES string of the molecule is Cc1cc(C(=O)Nc2ccc(F)cc2)nc(Cl)n1. The maximum absolute atomic E-state index is 12.7. The number of benzene rings is 1. The van der Waals surface area contributed by atoms with E-state index in [4.69, 9.17) is 11.6 Å². The lowest BCUT2D eigenvalue weighted by molar-refractivity contribution is 0.102. The smallest absolute Gasteiger partial charge is 0.274 e. The van der Waals surface area contributed by atoms with Crippen LogP contribution in [0.25, 0.3) is 0 Å². The molecule has 0 bridgehead atoms. The van der Waals surface area contributed by atoms with Gasteiger partial charge in [0.1, 0.15) is 11.5 Å². The normalized spacial score (nSPS) is 10.2. The highest BCUT2D eigenvalue weighted by atomic mass is 35.5. The molecule has 0 unspecified atom stereocenters. The Balaban J connectivity index is 2.19.